The van der Waals surface area contributed by atoms with Gasteiger partial charge in [-0.15, -0.1) is 0 Å². The van der Waals surface area contributed by atoms with Gasteiger partial charge in [-0.3, -0.25) is 4.79 Å². The van der Waals surface area contributed by atoms with Gasteiger partial charge in [-0.05, 0) is 24.1 Å². The molecular formula is C12H16FNO4. The van der Waals surface area contributed by atoms with Crippen LogP contribution < -0.4 is 15.2 Å². The molecule has 0 bridgehead atoms. The van der Waals surface area contributed by atoms with E-state index in [0.29, 0.717) is 11.3 Å². The number of carboxylic acids is 1. The van der Waals surface area contributed by atoms with Gasteiger partial charge in [0.2, 0.25) is 0 Å². The monoisotopic (exact) mass is 257 g/mol. The first kappa shape index (κ1) is 14.2. The van der Waals surface area contributed by atoms with Crippen LogP contribution in [0.3, 0.4) is 0 Å². The third-order valence-electron chi connectivity index (χ3n) is 2.60. The van der Waals surface area contributed by atoms with Crippen molar-refractivity contribution in [3.05, 3.63) is 23.0 Å². The second kappa shape index (κ2) is 5.68. The van der Waals surface area contributed by atoms with Crippen molar-refractivity contribution in [1.82, 2.24) is 0 Å². The van der Waals surface area contributed by atoms with Crippen molar-refractivity contribution in [2.75, 3.05) is 14.2 Å². The lowest BCUT2D eigenvalue weighted by atomic mass is 10.0. The maximum absolute atomic E-state index is 14.1. The van der Waals surface area contributed by atoms with Crippen LogP contribution in [0.15, 0.2) is 6.07 Å². The Bertz CT molecular complexity index is 462. The van der Waals surface area contributed by atoms with Gasteiger partial charge in [-0.2, -0.15) is 0 Å². The fraction of sp³-hybridized carbons (Fsp3) is 0.417. The van der Waals surface area contributed by atoms with Gasteiger partial charge < -0.3 is 20.3 Å². The van der Waals surface area contributed by atoms with Gasteiger partial charge in [0.15, 0.2) is 17.3 Å². The largest absolute Gasteiger partial charge is 0.492 e. The molecule has 0 saturated carbocycles. The summed E-state index contributed by atoms with van der Waals surface area (Å²) in [5.41, 5.74) is 6.24. The summed E-state index contributed by atoms with van der Waals surface area (Å²) in [4.78, 5) is 10.7. The molecular weight excluding hydrogens is 241 g/mol. The van der Waals surface area contributed by atoms with Crippen LogP contribution in [0.4, 0.5) is 4.39 Å². The molecule has 0 radical (unpaired) electrons. The number of ether oxygens (including phenoxy) is 2. The molecule has 0 aliphatic heterocycles. The van der Waals surface area contributed by atoms with Gasteiger partial charge in [-0.25, -0.2) is 4.39 Å². The van der Waals surface area contributed by atoms with Crippen LogP contribution in [0, 0.1) is 12.7 Å². The molecule has 0 spiro atoms. The molecule has 0 saturated heterocycles. The first-order chi connectivity index (χ1) is 8.42. The van der Waals surface area contributed by atoms with E-state index in [0.717, 1.165) is 0 Å². The Balaban J connectivity index is 3.22. The lowest BCUT2D eigenvalue weighted by Crippen LogP contribution is -2.32. The number of benzene rings is 1. The second-order valence-corrected chi connectivity index (χ2v) is 3.88. The maximum atomic E-state index is 14.1. The smallest absolute Gasteiger partial charge is 0.320 e. The summed E-state index contributed by atoms with van der Waals surface area (Å²) in [5.74, 6) is -1.56. The highest BCUT2D eigenvalue weighted by atomic mass is 19.1. The van der Waals surface area contributed by atoms with Crippen LogP contribution in [-0.4, -0.2) is 31.3 Å². The SMILES string of the molecule is COc1c(C)cc(CC(N)C(=O)O)c(F)c1OC. The highest BCUT2D eigenvalue weighted by Crippen LogP contribution is 2.35. The van der Waals surface area contributed by atoms with Crippen LogP contribution >= 0.6 is 0 Å². The number of methoxy groups -OCH3 is 2. The quantitative estimate of drug-likeness (QED) is 0.825. The Kier molecular flexibility index (Phi) is 4.49. The van der Waals surface area contributed by atoms with Crippen molar-refractivity contribution in [2.24, 2.45) is 5.73 Å². The Morgan fingerprint density at radius 3 is 2.44 bits per heavy atom. The highest BCUT2D eigenvalue weighted by Gasteiger charge is 2.21. The zero-order valence-corrected chi connectivity index (χ0v) is 10.5. The van der Waals surface area contributed by atoms with Crippen molar-refractivity contribution in [3.63, 3.8) is 0 Å². The molecule has 18 heavy (non-hydrogen) atoms. The third kappa shape index (κ3) is 2.70. The number of aryl methyl sites for hydroxylation is 1. The minimum atomic E-state index is -1.18. The zero-order valence-electron chi connectivity index (χ0n) is 10.5. The van der Waals surface area contributed by atoms with Gasteiger partial charge >= 0.3 is 5.97 Å². The average Bonchev–Trinajstić information content (AvgIpc) is 2.32. The van der Waals surface area contributed by atoms with Gasteiger partial charge in [0.05, 0.1) is 14.2 Å². The summed E-state index contributed by atoms with van der Waals surface area (Å²) in [6, 6.07) is 0.358. The second-order valence-electron chi connectivity index (χ2n) is 3.88. The first-order valence-corrected chi connectivity index (χ1v) is 5.30. The standard InChI is InChI=1S/C12H16FNO4/c1-6-4-7(5-8(14)12(15)16)9(13)11(18-3)10(6)17-2/h4,8H,5,14H2,1-3H3,(H,15,16). The van der Waals surface area contributed by atoms with Crippen LogP contribution in [-0.2, 0) is 11.2 Å². The van der Waals surface area contributed by atoms with E-state index in [-0.39, 0.29) is 17.7 Å². The highest BCUT2D eigenvalue weighted by molar-refractivity contribution is 5.73. The number of rotatable bonds is 5. The number of aliphatic carboxylic acids is 1. The number of hydrogen-bond donors (Lipinski definition) is 2. The molecule has 0 aromatic heterocycles. The van der Waals surface area contributed by atoms with E-state index < -0.39 is 17.8 Å². The van der Waals surface area contributed by atoms with E-state index >= 15 is 0 Å². The van der Waals surface area contributed by atoms with E-state index in [1.807, 2.05) is 0 Å². The molecule has 1 atom stereocenters. The number of carboxylic acid groups (broad SMARTS) is 1. The fourth-order valence-electron chi connectivity index (χ4n) is 1.72. The van der Waals surface area contributed by atoms with Gasteiger partial charge in [0, 0.05) is 6.42 Å². The molecule has 0 heterocycles. The lowest BCUT2D eigenvalue weighted by molar-refractivity contribution is -0.138. The van der Waals surface area contributed by atoms with Crippen molar-refractivity contribution in [3.8, 4) is 11.5 Å². The maximum Gasteiger partial charge on any atom is 0.320 e. The summed E-state index contributed by atoms with van der Waals surface area (Å²) < 4.78 is 24.1. The third-order valence-corrected chi connectivity index (χ3v) is 2.60. The molecule has 6 heteroatoms. The molecule has 1 aromatic rings. The molecule has 3 N–H and O–H groups in total. The summed E-state index contributed by atoms with van der Waals surface area (Å²) in [5, 5.41) is 8.73. The molecule has 0 amide bonds. The van der Waals surface area contributed by atoms with Crippen LogP contribution in [0.1, 0.15) is 11.1 Å². The van der Waals surface area contributed by atoms with Crippen molar-refractivity contribution < 1.29 is 23.8 Å². The summed E-state index contributed by atoms with van der Waals surface area (Å²) in [6.07, 6.45) is -0.109. The molecule has 1 unspecified atom stereocenters. The Morgan fingerprint density at radius 1 is 1.44 bits per heavy atom. The minimum Gasteiger partial charge on any atom is -0.492 e. The molecule has 1 aromatic carbocycles. The molecule has 0 fully saturated rings. The molecule has 1 rings (SSSR count). The van der Waals surface area contributed by atoms with Gasteiger partial charge in [0.25, 0.3) is 0 Å². The lowest BCUT2D eigenvalue weighted by Gasteiger charge is -2.15. The van der Waals surface area contributed by atoms with Crippen molar-refractivity contribution >= 4 is 5.97 Å². The summed E-state index contributed by atoms with van der Waals surface area (Å²) in [6.45, 7) is 1.72. The zero-order chi connectivity index (χ0) is 13.9. The number of nitrogens with two attached hydrogens (primary N) is 1. The summed E-state index contributed by atoms with van der Waals surface area (Å²) >= 11 is 0. The van der Waals surface area contributed by atoms with Gasteiger partial charge in [-0.1, -0.05) is 0 Å². The first-order valence-electron chi connectivity index (χ1n) is 5.30. The minimum absolute atomic E-state index is 0.0370. The predicted molar refractivity (Wildman–Crippen MR) is 63.6 cm³/mol. The molecule has 0 aliphatic carbocycles. The van der Waals surface area contributed by atoms with E-state index in [9.17, 15) is 9.18 Å². The van der Waals surface area contributed by atoms with Crippen molar-refractivity contribution in [2.45, 2.75) is 19.4 Å². The number of halogens is 1. The fourth-order valence-corrected chi connectivity index (χ4v) is 1.72. The van der Waals surface area contributed by atoms with E-state index in [1.54, 1.807) is 6.92 Å². The van der Waals surface area contributed by atoms with Crippen LogP contribution in [0.2, 0.25) is 0 Å². The van der Waals surface area contributed by atoms with E-state index in [1.165, 1.54) is 20.3 Å². The normalized spacial score (nSPS) is 12.1. The molecule has 0 aliphatic rings. The average molecular weight is 257 g/mol. The Morgan fingerprint density at radius 2 is 2.00 bits per heavy atom. The van der Waals surface area contributed by atoms with E-state index in [4.69, 9.17) is 20.3 Å². The van der Waals surface area contributed by atoms with Crippen LogP contribution in [0.5, 0.6) is 11.5 Å². The van der Waals surface area contributed by atoms with E-state index in [2.05, 4.69) is 0 Å². The van der Waals surface area contributed by atoms with Gasteiger partial charge in [0.1, 0.15) is 6.04 Å². The van der Waals surface area contributed by atoms with Crippen molar-refractivity contribution in [1.29, 1.82) is 0 Å². The topological polar surface area (TPSA) is 81.8 Å². The summed E-state index contributed by atoms with van der Waals surface area (Å²) in [7, 11) is 2.73. The predicted octanol–water partition coefficient (Wildman–Crippen LogP) is 1.11. The number of hydrogen-bond acceptors (Lipinski definition) is 4. The Labute approximate surface area is 104 Å². The van der Waals surface area contributed by atoms with Crippen LogP contribution in [0.25, 0.3) is 0 Å². The molecule has 100 valence electrons. The Hall–Kier alpha value is -1.82. The number of carbonyl (C=O) groups is 1. The molecule has 5 nitrogen and oxygen atoms in total.